The molecule has 30 heavy (non-hydrogen) atoms. The molecule has 2 heterocycles. The number of nitrogens with zero attached hydrogens (tertiary/aromatic N) is 3. The predicted octanol–water partition coefficient (Wildman–Crippen LogP) is 3.25. The van der Waals surface area contributed by atoms with E-state index in [1.165, 1.54) is 31.4 Å². The third kappa shape index (κ3) is 3.18. The van der Waals surface area contributed by atoms with Crippen LogP contribution in [0.5, 0.6) is 5.75 Å². The number of methoxy groups -OCH3 is 1. The lowest BCUT2D eigenvalue weighted by molar-refractivity contribution is 0.0994. The minimum absolute atomic E-state index is 0.0261. The molecule has 0 saturated carbocycles. The quantitative estimate of drug-likeness (QED) is 0.562. The topological polar surface area (TPSA) is 102 Å². The van der Waals surface area contributed by atoms with Crippen LogP contribution in [0.3, 0.4) is 0 Å². The SMILES string of the molecule is COc1ccc(S(=O)(=O)C(C#N)C(=O)c2nn(C)c3c2CSc2ccccc2-3)cc1. The van der Waals surface area contributed by atoms with E-state index in [0.29, 0.717) is 17.1 Å². The summed E-state index contributed by atoms with van der Waals surface area (Å²) in [5.74, 6) is 0.135. The largest absolute Gasteiger partial charge is 0.497 e. The van der Waals surface area contributed by atoms with Crippen LogP contribution in [0.4, 0.5) is 0 Å². The van der Waals surface area contributed by atoms with Crippen molar-refractivity contribution in [3.8, 4) is 23.1 Å². The highest BCUT2D eigenvalue weighted by Crippen LogP contribution is 2.42. The van der Waals surface area contributed by atoms with E-state index in [9.17, 15) is 18.5 Å². The zero-order chi connectivity index (χ0) is 21.5. The molecule has 1 aliphatic rings. The molecule has 0 saturated heterocycles. The first-order valence-electron chi connectivity index (χ1n) is 8.98. The van der Waals surface area contributed by atoms with Crippen LogP contribution < -0.4 is 4.74 Å². The summed E-state index contributed by atoms with van der Waals surface area (Å²) < 4.78 is 32.7. The molecule has 2 aromatic carbocycles. The average Bonchev–Trinajstić information content (AvgIpc) is 3.11. The Morgan fingerprint density at radius 1 is 1.23 bits per heavy atom. The highest BCUT2D eigenvalue weighted by atomic mass is 32.2. The van der Waals surface area contributed by atoms with Crippen LogP contribution in [-0.4, -0.2) is 36.3 Å². The van der Waals surface area contributed by atoms with E-state index < -0.39 is 20.9 Å². The number of ketones is 1. The Morgan fingerprint density at radius 2 is 1.93 bits per heavy atom. The zero-order valence-corrected chi connectivity index (χ0v) is 17.8. The second kappa shape index (κ2) is 7.63. The standard InChI is InChI=1S/C21H17N3O4S2/c1-24-20-15-5-3-4-6-17(15)29-12-16(20)19(23-24)21(25)18(11-22)30(26,27)14-9-7-13(28-2)8-10-14/h3-10,18H,12H2,1-2H3. The fourth-order valence-electron chi connectivity index (χ4n) is 3.47. The molecule has 1 aliphatic heterocycles. The van der Waals surface area contributed by atoms with Crippen molar-refractivity contribution in [1.82, 2.24) is 9.78 Å². The Hall–Kier alpha value is -3.09. The summed E-state index contributed by atoms with van der Waals surface area (Å²) in [5, 5.41) is 12.0. The second-order valence-corrected chi connectivity index (χ2v) is 9.73. The maximum Gasteiger partial charge on any atom is 0.216 e. The van der Waals surface area contributed by atoms with Crippen molar-refractivity contribution in [2.75, 3.05) is 7.11 Å². The van der Waals surface area contributed by atoms with E-state index in [-0.39, 0.29) is 10.6 Å². The molecule has 4 rings (SSSR count). The van der Waals surface area contributed by atoms with Crippen LogP contribution in [0.15, 0.2) is 58.3 Å². The van der Waals surface area contributed by atoms with Gasteiger partial charge in [-0.1, -0.05) is 18.2 Å². The van der Waals surface area contributed by atoms with E-state index in [1.54, 1.807) is 29.6 Å². The van der Waals surface area contributed by atoms with Gasteiger partial charge in [-0.25, -0.2) is 8.42 Å². The maximum atomic E-state index is 13.2. The van der Waals surface area contributed by atoms with Crippen LogP contribution in [0, 0.1) is 11.3 Å². The number of hydrogen-bond acceptors (Lipinski definition) is 7. The number of hydrogen-bond donors (Lipinski definition) is 0. The first kappa shape index (κ1) is 20.2. The Kier molecular flexibility index (Phi) is 5.13. The smallest absolute Gasteiger partial charge is 0.216 e. The Morgan fingerprint density at radius 3 is 2.60 bits per heavy atom. The molecule has 9 heteroatoms. The Labute approximate surface area is 178 Å². The monoisotopic (exact) mass is 439 g/mol. The number of ether oxygens (including phenoxy) is 1. The van der Waals surface area contributed by atoms with Gasteiger partial charge in [-0.2, -0.15) is 10.4 Å². The summed E-state index contributed by atoms with van der Waals surface area (Å²) in [7, 11) is -1.05. The normalized spacial score (nSPS) is 13.6. The van der Waals surface area contributed by atoms with Gasteiger partial charge in [0.1, 0.15) is 11.4 Å². The molecule has 0 fully saturated rings. The van der Waals surface area contributed by atoms with E-state index >= 15 is 0 Å². The summed E-state index contributed by atoms with van der Waals surface area (Å²) in [4.78, 5) is 14.2. The number of Topliss-reactive ketones (excluding diaryl/α,β-unsaturated/α-hetero) is 1. The Balaban J connectivity index is 1.77. The van der Waals surface area contributed by atoms with Gasteiger partial charge in [0, 0.05) is 28.8 Å². The van der Waals surface area contributed by atoms with E-state index in [1.807, 2.05) is 24.3 Å². The van der Waals surface area contributed by atoms with Gasteiger partial charge >= 0.3 is 0 Å². The van der Waals surface area contributed by atoms with Gasteiger partial charge < -0.3 is 4.74 Å². The number of aryl methyl sites for hydroxylation is 1. The third-order valence-electron chi connectivity index (χ3n) is 4.95. The molecule has 0 aliphatic carbocycles. The van der Waals surface area contributed by atoms with Crippen molar-refractivity contribution in [2.45, 2.75) is 20.8 Å². The van der Waals surface area contributed by atoms with Crippen molar-refractivity contribution in [3.63, 3.8) is 0 Å². The van der Waals surface area contributed by atoms with Crippen molar-refractivity contribution < 1.29 is 17.9 Å². The van der Waals surface area contributed by atoms with Gasteiger partial charge in [-0.15, -0.1) is 11.8 Å². The molecule has 0 N–H and O–H groups in total. The van der Waals surface area contributed by atoms with Crippen LogP contribution in [-0.2, 0) is 22.6 Å². The fraction of sp³-hybridized carbons (Fsp3) is 0.190. The summed E-state index contributed by atoms with van der Waals surface area (Å²) in [6.45, 7) is 0. The van der Waals surface area contributed by atoms with Gasteiger partial charge in [0.15, 0.2) is 0 Å². The molecule has 0 bridgehead atoms. The zero-order valence-electron chi connectivity index (χ0n) is 16.2. The molecule has 1 aromatic heterocycles. The molecule has 0 amide bonds. The van der Waals surface area contributed by atoms with E-state index in [0.717, 1.165) is 16.2 Å². The molecule has 1 atom stereocenters. The molecular weight excluding hydrogens is 422 g/mol. The molecule has 7 nitrogen and oxygen atoms in total. The molecule has 152 valence electrons. The molecule has 3 aromatic rings. The van der Waals surface area contributed by atoms with Crippen molar-refractivity contribution >= 4 is 27.4 Å². The van der Waals surface area contributed by atoms with Gasteiger partial charge in [-0.05, 0) is 30.3 Å². The van der Waals surface area contributed by atoms with Crippen LogP contribution >= 0.6 is 11.8 Å². The van der Waals surface area contributed by atoms with Gasteiger partial charge in [-0.3, -0.25) is 9.48 Å². The second-order valence-electron chi connectivity index (χ2n) is 6.68. The average molecular weight is 440 g/mol. The number of thioether (sulfide) groups is 1. The summed E-state index contributed by atoms with van der Waals surface area (Å²) in [5.41, 5.74) is 2.38. The molecule has 1 unspecified atom stereocenters. The number of nitriles is 1. The molecular formula is C21H17N3O4S2. The lowest BCUT2D eigenvalue weighted by Crippen LogP contribution is -2.30. The van der Waals surface area contributed by atoms with Crippen LogP contribution in [0.2, 0.25) is 0 Å². The number of aromatic nitrogens is 2. The molecule has 0 spiro atoms. The number of fused-ring (bicyclic) bond motifs is 3. The van der Waals surface area contributed by atoms with E-state index in [4.69, 9.17) is 4.74 Å². The highest BCUT2D eigenvalue weighted by Gasteiger charge is 2.39. The highest BCUT2D eigenvalue weighted by molar-refractivity contribution is 7.98. The number of carbonyl (C=O) groups excluding carboxylic acids is 1. The minimum atomic E-state index is -4.22. The van der Waals surface area contributed by atoms with Crippen LogP contribution in [0.1, 0.15) is 16.1 Å². The third-order valence-corrected chi connectivity index (χ3v) is 7.92. The number of rotatable bonds is 5. The van der Waals surface area contributed by atoms with Crippen molar-refractivity contribution in [3.05, 3.63) is 59.8 Å². The minimum Gasteiger partial charge on any atom is -0.497 e. The lowest BCUT2D eigenvalue weighted by atomic mass is 10.0. The molecule has 0 radical (unpaired) electrons. The van der Waals surface area contributed by atoms with Gasteiger partial charge in [0.25, 0.3) is 0 Å². The van der Waals surface area contributed by atoms with Gasteiger partial charge in [0.2, 0.25) is 20.9 Å². The number of carbonyl (C=O) groups is 1. The fourth-order valence-corrected chi connectivity index (χ4v) is 5.86. The number of benzene rings is 2. The summed E-state index contributed by atoms with van der Waals surface area (Å²) in [6.07, 6.45) is 0. The Bertz CT molecular complexity index is 1290. The number of sulfone groups is 1. The van der Waals surface area contributed by atoms with E-state index in [2.05, 4.69) is 5.10 Å². The lowest BCUT2D eigenvalue weighted by Gasteiger charge is -2.17. The maximum absolute atomic E-state index is 13.2. The summed E-state index contributed by atoms with van der Waals surface area (Å²) in [6, 6.07) is 15.0. The first-order chi connectivity index (χ1) is 14.4. The first-order valence-corrected chi connectivity index (χ1v) is 11.5. The van der Waals surface area contributed by atoms with Crippen LogP contribution in [0.25, 0.3) is 11.3 Å². The summed E-state index contributed by atoms with van der Waals surface area (Å²) >= 11 is 1.55. The van der Waals surface area contributed by atoms with Crippen molar-refractivity contribution in [2.24, 2.45) is 7.05 Å². The van der Waals surface area contributed by atoms with Gasteiger partial charge in [0.05, 0.1) is 23.8 Å². The van der Waals surface area contributed by atoms with Crippen molar-refractivity contribution in [1.29, 1.82) is 5.26 Å². The predicted molar refractivity (Wildman–Crippen MR) is 112 cm³/mol.